The Bertz CT molecular complexity index is 1790. The highest BCUT2D eigenvalue weighted by atomic mass is 32.2. The molecular weight excluding hydrogens is 585 g/mol. The SMILES string of the molecule is CC(Sc1ccc(NC(=O)/C(=C/c2ccc(-c3ccccc3)cc2)NC(=O)c2ccccc2)cc1)C(=O)Nc1ccc(F)cc1. The number of thioether (sulfide) groups is 1. The van der Waals surface area contributed by atoms with E-state index in [1.807, 2.05) is 60.7 Å². The minimum atomic E-state index is -0.487. The molecule has 0 aliphatic carbocycles. The molecule has 5 aromatic carbocycles. The fraction of sp³-hybridized carbons (Fsp3) is 0.0541. The van der Waals surface area contributed by atoms with Gasteiger partial charge in [-0.05, 0) is 90.4 Å². The van der Waals surface area contributed by atoms with Crippen LogP contribution in [0.15, 0.2) is 144 Å². The van der Waals surface area contributed by atoms with Gasteiger partial charge >= 0.3 is 0 Å². The Morgan fingerprint density at radius 3 is 1.87 bits per heavy atom. The lowest BCUT2D eigenvalue weighted by atomic mass is 10.0. The molecule has 0 aliphatic heterocycles. The standard InChI is InChI=1S/C37H30FN3O3S/c1-25(35(42)39-31-18-16-30(38)17-19-31)45-33-22-20-32(21-23-33)40-37(44)34(41-36(43)29-10-6-3-7-11-29)24-26-12-14-28(15-13-26)27-8-4-2-5-9-27/h2-25H,1H3,(H,39,42)(H,40,44)(H,41,43)/b34-24-. The molecule has 0 fully saturated rings. The summed E-state index contributed by atoms with van der Waals surface area (Å²) in [6.45, 7) is 1.78. The highest BCUT2D eigenvalue weighted by Gasteiger charge is 2.17. The first-order valence-electron chi connectivity index (χ1n) is 14.2. The van der Waals surface area contributed by atoms with Crippen LogP contribution in [-0.2, 0) is 9.59 Å². The molecule has 5 aromatic rings. The van der Waals surface area contributed by atoms with E-state index in [2.05, 4.69) is 16.0 Å². The smallest absolute Gasteiger partial charge is 0.272 e. The van der Waals surface area contributed by atoms with Gasteiger partial charge < -0.3 is 16.0 Å². The summed E-state index contributed by atoms with van der Waals surface area (Å²) in [4.78, 5) is 39.9. The van der Waals surface area contributed by atoms with Crippen molar-refractivity contribution in [3.63, 3.8) is 0 Å². The van der Waals surface area contributed by atoms with Crippen LogP contribution < -0.4 is 16.0 Å². The second-order valence-corrected chi connectivity index (χ2v) is 11.5. The number of hydrogen-bond acceptors (Lipinski definition) is 4. The maximum atomic E-state index is 13.4. The maximum absolute atomic E-state index is 13.4. The van der Waals surface area contributed by atoms with Crippen LogP contribution in [0.1, 0.15) is 22.8 Å². The molecule has 0 aliphatic rings. The fourth-order valence-corrected chi connectivity index (χ4v) is 5.23. The largest absolute Gasteiger partial charge is 0.325 e. The van der Waals surface area contributed by atoms with Crippen molar-refractivity contribution >= 4 is 46.9 Å². The highest BCUT2D eigenvalue weighted by molar-refractivity contribution is 8.00. The third-order valence-corrected chi connectivity index (χ3v) is 7.88. The van der Waals surface area contributed by atoms with E-state index in [1.165, 1.54) is 36.0 Å². The van der Waals surface area contributed by atoms with E-state index in [4.69, 9.17) is 0 Å². The number of rotatable bonds is 10. The van der Waals surface area contributed by atoms with Crippen LogP contribution in [0.5, 0.6) is 0 Å². The molecule has 0 spiro atoms. The summed E-state index contributed by atoms with van der Waals surface area (Å²) in [6, 6.07) is 39.0. The zero-order valence-corrected chi connectivity index (χ0v) is 25.2. The highest BCUT2D eigenvalue weighted by Crippen LogP contribution is 2.26. The molecule has 45 heavy (non-hydrogen) atoms. The van der Waals surface area contributed by atoms with Crippen molar-refractivity contribution in [1.82, 2.24) is 5.32 Å². The Morgan fingerprint density at radius 2 is 1.22 bits per heavy atom. The van der Waals surface area contributed by atoms with E-state index in [0.717, 1.165) is 21.6 Å². The normalized spacial score (nSPS) is 11.7. The Balaban J connectivity index is 1.27. The first kappa shape index (κ1) is 31.0. The number of carbonyl (C=O) groups is 3. The van der Waals surface area contributed by atoms with Gasteiger partial charge in [-0.15, -0.1) is 11.8 Å². The lowest BCUT2D eigenvalue weighted by Gasteiger charge is -2.14. The van der Waals surface area contributed by atoms with E-state index < -0.39 is 17.1 Å². The number of hydrogen-bond donors (Lipinski definition) is 3. The monoisotopic (exact) mass is 615 g/mol. The van der Waals surface area contributed by atoms with Gasteiger partial charge in [0.25, 0.3) is 11.8 Å². The lowest BCUT2D eigenvalue weighted by molar-refractivity contribution is -0.115. The zero-order chi connectivity index (χ0) is 31.6. The van der Waals surface area contributed by atoms with Crippen LogP contribution in [0.25, 0.3) is 17.2 Å². The van der Waals surface area contributed by atoms with Crippen molar-refractivity contribution < 1.29 is 18.8 Å². The topological polar surface area (TPSA) is 87.3 Å². The summed E-state index contributed by atoms with van der Waals surface area (Å²) in [5, 5.41) is 7.97. The first-order valence-corrected chi connectivity index (χ1v) is 15.1. The Kier molecular flexibility index (Phi) is 10.2. The van der Waals surface area contributed by atoms with Gasteiger partial charge in [-0.1, -0.05) is 72.8 Å². The van der Waals surface area contributed by atoms with E-state index in [1.54, 1.807) is 61.5 Å². The molecule has 0 saturated heterocycles. The molecular formula is C37H30FN3O3S. The number of halogens is 1. The molecule has 3 N–H and O–H groups in total. The second-order valence-electron chi connectivity index (χ2n) is 10.1. The summed E-state index contributed by atoms with van der Waals surface area (Å²) in [7, 11) is 0. The molecule has 0 saturated carbocycles. The molecule has 3 amide bonds. The van der Waals surface area contributed by atoms with Gasteiger partial charge in [0.15, 0.2) is 0 Å². The van der Waals surface area contributed by atoms with Gasteiger partial charge in [0, 0.05) is 21.8 Å². The van der Waals surface area contributed by atoms with Crippen molar-refractivity contribution in [3.05, 3.63) is 156 Å². The molecule has 0 bridgehead atoms. The number of amides is 3. The van der Waals surface area contributed by atoms with Gasteiger partial charge in [0.2, 0.25) is 5.91 Å². The van der Waals surface area contributed by atoms with Gasteiger partial charge in [0.05, 0.1) is 5.25 Å². The molecule has 8 heteroatoms. The van der Waals surface area contributed by atoms with E-state index >= 15 is 0 Å². The zero-order valence-electron chi connectivity index (χ0n) is 24.4. The Labute approximate surface area is 265 Å². The third kappa shape index (κ3) is 8.78. The van der Waals surface area contributed by atoms with Crippen molar-refractivity contribution in [2.45, 2.75) is 17.1 Å². The first-order chi connectivity index (χ1) is 21.8. The van der Waals surface area contributed by atoms with Gasteiger partial charge in [-0.3, -0.25) is 14.4 Å². The molecule has 1 unspecified atom stereocenters. The van der Waals surface area contributed by atoms with Crippen molar-refractivity contribution in [2.75, 3.05) is 10.6 Å². The van der Waals surface area contributed by atoms with Crippen LogP contribution >= 0.6 is 11.8 Å². The molecule has 0 heterocycles. The van der Waals surface area contributed by atoms with Gasteiger partial charge in [-0.25, -0.2) is 4.39 Å². The average Bonchev–Trinajstić information content (AvgIpc) is 3.07. The van der Waals surface area contributed by atoms with Crippen LogP contribution in [0.4, 0.5) is 15.8 Å². The van der Waals surface area contributed by atoms with Gasteiger partial charge in [0.1, 0.15) is 11.5 Å². The molecule has 1 atom stereocenters. The number of carbonyl (C=O) groups excluding carboxylic acids is 3. The molecule has 5 rings (SSSR count). The quantitative estimate of drug-likeness (QED) is 0.110. The molecule has 0 aromatic heterocycles. The average molecular weight is 616 g/mol. The molecule has 0 radical (unpaired) electrons. The molecule has 6 nitrogen and oxygen atoms in total. The number of anilines is 2. The second kappa shape index (κ2) is 14.8. The van der Waals surface area contributed by atoms with Gasteiger partial charge in [-0.2, -0.15) is 0 Å². The summed E-state index contributed by atoms with van der Waals surface area (Å²) < 4.78 is 13.2. The summed E-state index contributed by atoms with van der Waals surface area (Å²) in [6.07, 6.45) is 1.64. The van der Waals surface area contributed by atoms with Crippen molar-refractivity contribution in [3.8, 4) is 11.1 Å². The lowest BCUT2D eigenvalue weighted by Crippen LogP contribution is -2.30. The summed E-state index contributed by atoms with van der Waals surface area (Å²) in [5.41, 5.74) is 4.40. The minimum absolute atomic E-state index is 0.0841. The van der Waals surface area contributed by atoms with E-state index in [-0.39, 0.29) is 17.4 Å². The van der Waals surface area contributed by atoms with Crippen molar-refractivity contribution in [2.24, 2.45) is 0 Å². The van der Waals surface area contributed by atoms with Crippen LogP contribution in [0.2, 0.25) is 0 Å². The molecule has 224 valence electrons. The van der Waals surface area contributed by atoms with E-state index in [9.17, 15) is 18.8 Å². The maximum Gasteiger partial charge on any atom is 0.272 e. The van der Waals surface area contributed by atoms with E-state index in [0.29, 0.717) is 16.9 Å². The minimum Gasteiger partial charge on any atom is -0.325 e. The van der Waals surface area contributed by atoms with Crippen LogP contribution in [0.3, 0.4) is 0 Å². The predicted molar refractivity (Wildman–Crippen MR) is 179 cm³/mol. The van der Waals surface area contributed by atoms with Crippen molar-refractivity contribution in [1.29, 1.82) is 0 Å². The van der Waals surface area contributed by atoms with Crippen LogP contribution in [-0.4, -0.2) is 23.0 Å². The fourth-order valence-electron chi connectivity index (χ4n) is 4.36. The summed E-state index contributed by atoms with van der Waals surface area (Å²) >= 11 is 1.35. The Hall–Kier alpha value is -5.47. The number of benzene rings is 5. The third-order valence-electron chi connectivity index (χ3n) is 6.76. The Morgan fingerprint density at radius 1 is 0.667 bits per heavy atom. The summed E-state index contributed by atoms with van der Waals surface area (Å²) in [5.74, 6) is -1.48. The number of nitrogens with one attached hydrogen (secondary N) is 3. The van der Waals surface area contributed by atoms with Crippen LogP contribution in [0, 0.1) is 5.82 Å². The predicted octanol–water partition coefficient (Wildman–Crippen LogP) is 8.02.